The first kappa shape index (κ1) is 11.4. The fraction of sp³-hybridized carbons (Fsp3) is 0.417. The first-order chi connectivity index (χ1) is 7.66. The Hall–Kier alpha value is -1.13. The van der Waals surface area contributed by atoms with E-state index in [0.717, 1.165) is 36.4 Å². The number of aryl methyl sites for hydroxylation is 1. The summed E-state index contributed by atoms with van der Waals surface area (Å²) < 4.78 is 5.32. The number of hydrogen-bond acceptors (Lipinski definition) is 3. The third-order valence-electron chi connectivity index (χ3n) is 2.79. The lowest BCUT2D eigenvalue weighted by atomic mass is 10.1. The third kappa shape index (κ3) is 2.51. The lowest BCUT2D eigenvalue weighted by molar-refractivity contribution is 0.195. The number of nitrogens with one attached hydrogen (secondary N) is 1. The van der Waals surface area contributed by atoms with Crippen LogP contribution in [0, 0.1) is 6.92 Å². The van der Waals surface area contributed by atoms with Crippen LogP contribution in [0.2, 0.25) is 0 Å². The maximum atomic E-state index is 5.62. The summed E-state index contributed by atoms with van der Waals surface area (Å²) >= 11 is 4.97. The maximum absolute atomic E-state index is 5.62. The van der Waals surface area contributed by atoms with Crippen molar-refractivity contribution in [1.82, 2.24) is 0 Å². The molecule has 1 aromatic rings. The Morgan fingerprint density at radius 1 is 1.56 bits per heavy atom. The van der Waals surface area contributed by atoms with Crippen LogP contribution in [-0.4, -0.2) is 24.2 Å². The van der Waals surface area contributed by atoms with Gasteiger partial charge in [-0.25, -0.2) is 0 Å². The smallest absolute Gasteiger partial charge is 0.104 e. The van der Waals surface area contributed by atoms with E-state index < -0.39 is 0 Å². The van der Waals surface area contributed by atoms with Gasteiger partial charge in [0.05, 0.1) is 12.6 Å². The molecular formula is C12H16N2OS. The van der Waals surface area contributed by atoms with Gasteiger partial charge >= 0.3 is 0 Å². The molecular weight excluding hydrogens is 220 g/mol. The van der Waals surface area contributed by atoms with Crippen molar-refractivity contribution in [3.63, 3.8) is 0 Å². The van der Waals surface area contributed by atoms with Crippen LogP contribution in [0.25, 0.3) is 0 Å². The molecule has 1 atom stereocenters. The molecule has 2 rings (SSSR count). The molecule has 1 aliphatic heterocycles. The van der Waals surface area contributed by atoms with Crippen LogP contribution in [0.15, 0.2) is 18.2 Å². The SMILES string of the molecule is Cc1cc(NC2CCOC2)ccc1C(N)=S. The van der Waals surface area contributed by atoms with Crippen LogP contribution in [0.5, 0.6) is 0 Å². The molecule has 1 heterocycles. The summed E-state index contributed by atoms with van der Waals surface area (Å²) in [7, 11) is 0. The quantitative estimate of drug-likeness (QED) is 0.786. The van der Waals surface area contributed by atoms with Gasteiger partial charge < -0.3 is 15.8 Å². The highest BCUT2D eigenvalue weighted by Crippen LogP contribution is 2.18. The largest absolute Gasteiger partial charge is 0.389 e. The molecule has 86 valence electrons. The second-order valence-electron chi connectivity index (χ2n) is 4.10. The Morgan fingerprint density at radius 3 is 2.94 bits per heavy atom. The summed E-state index contributed by atoms with van der Waals surface area (Å²) in [6, 6.07) is 6.48. The normalized spacial score (nSPS) is 19.7. The highest BCUT2D eigenvalue weighted by atomic mass is 32.1. The predicted octanol–water partition coefficient (Wildman–Crippen LogP) is 1.83. The summed E-state index contributed by atoms with van der Waals surface area (Å²) in [5.41, 5.74) is 8.78. The highest BCUT2D eigenvalue weighted by molar-refractivity contribution is 7.80. The molecule has 3 N–H and O–H groups in total. The van der Waals surface area contributed by atoms with Gasteiger partial charge in [0.1, 0.15) is 4.99 Å². The van der Waals surface area contributed by atoms with E-state index in [-0.39, 0.29) is 0 Å². The Kier molecular flexibility index (Phi) is 3.41. The molecule has 0 aliphatic carbocycles. The first-order valence-electron chi connectivity index (χ1n) is 5.41. The van der Waals surface area contributed by atoms with Crippen LogP contribution in [0.4, 0.5) is 5.69 Å². The molecule has 0 saturated carbocycles. The van der Waals surface area contributed by atoms with Crippen molar-refractivity contribution < 1.29 is 4.74 Å². The summed E-state index contributed by atoms with van der Waals surface area (Å²) in [4.78, 5) is 0.452. The van der Waals surface area contributed by atoms with E-state index in [0.29, 0.717) is 11.0 Å². The molecule has 1 aliphatic rings. The summed E-state index contributed by atoms with van der Waals surface area (Å²) in [6.45, 7) is 3.66. The monoisotopic (exact) mass is 236 g/mol. The van der Waals surface area contributed by atoms with Gasteiger partial charge in [-0.3, -0.25) is 0 Å². The lowest BCUT2D eigenvalue weighted by Gasteiger charge is -2.14. The van der Waals surface area contributed by atoms with Crippen molar-refractivity contribution in [3.8, 4) is 0 Å². The van der Waals surface area contributed by atoms with E-state index in [9.17, 15) is 0 Å². The zero-order valence-electron chi connectivity index (χ0n) is 9.32. The molecule has 0 spiro atoms. The number of nitrogens with two attached hydrogens (primary N) is 1. The second-order valence-corrected chi connectivity index (χ2v) is 4.54. The fourth-order valence-electron chi connectivity index (χ4n) is 1.91. The van der Waals surface area contributed by atoms with E-state index in [1.54, 1.807) is 0 Å². The third-order valence-corrected chi connectivity index (χ3v) is 3.01. The van der Waals surface area contributed by atoms with Crippen molar-refractivity contribution >= 4 is 22.9 Å². The zero-order chi connectivity index (χ0) is 11.5. The number of benzene rings is 1. The number of thiocarbonyl (C=S) groups is 1. The van der Waals surface area contributed by atoms with Crippen LogP contribution >= 0.6 is 12.2 Å². The average Bonchev–Trinajstić information content (AvgIpc) is 2.70. The number of ether oxygens (including phenoxy) is 1. The molecule has 16 heavy (non-hydrogen) atoms. The molecule has 0 radical (unpaired) electrons. The maximum Gasteiger partial charge on any atom is 0.104 e. The molecule has 3 nitrogen and oxygen atoms in total. The van der Waals surface area contributed by atoms with Crippen LogP contribution in [0.1, 0.15) is 17.5 Å². The second kappa shape index (κ2) is 4.80. The summed E-state index contributed by atoms with van der Waals surface area (Å²) in [5.74, 6) is 0. The Bertz CT molecular complexity index is 400. The molecule has 1 saturated heterocycles. The molecule has 0 aromatic heterocycles. The Morgan fingerprint density at radius 2 is 2.38 bits per heavy atom. The van der Waals surface area contributed by atoms with Gasteiger partial charge in [-0.1, -0.05) is 12.2 Å². The van der Waals surface area contributed by atoms with Crippen molar-refractivity contribution in [1.29, 1.82) is 0 Å². The first-order valence-corrected chi connectivity index (χ1v) is 5.82. The highest BCUT2D eigenvalue weighted by Gasteiger charge is 2.15. The molecule has 1 fully saturated rings. The van der Waals surface area contributed by atoms with Crippen LogP contribution in [-0.2, 0) is 4.74 Å². The number of rotatable bonds is 3. The van der Waals surface area contributed by atoms with Crippen molar-refractivity contribution in [2.24, 2.45) is 5.73 Å². The van der Waals surface area contributed by atoms with E-state index in [4.69, 9.17) is 22.7 Å². The fourth-order valence-corrected chi connectivity index (χ4v) is 2.14. The lowest BCUT2D eigenvalue weighted by Crippen LogP contribution is -2.19. The van der Waals surface area contributed by atoms with Crippen LogP contribution < -0.4 is 11.1 Å². The molecule has 1 unspecified atom stereocenters. The number of anilines is 1. The van der Waals surface area contributed by atoms with Gasteiger partial charge in [0.2, 0.25) is 0 Å². The number of hydrogen-bond donors (Lipinski definition) is 2. The van der Waals surface area contributed by atoms with Crippen molar-refractivity contribution in [2.45, 2.75) is 19.4 Å². The van der Waals surface area contributed by atoms with Gasteiger partial charge in [-0.15, -0.1) is 0 Å². The summed E-state index contributed by atoms with van der Waals surface area (Å²) in [6.07, 6.45) is 1.07. The van der Waals surface area contributed by atoms with Gasteiger partial charge in [0.25, 0.3) is 0 Å². The van der Waals surface area contributed by atoms with Crippen molar-refractivity contribution in [2.75, 3.05) is 18.5 Å². The van der Waals surface area contributed by atoms with E-state index in [1.165, 1.54) is 0 Å². The molecule has 4 heteroatoms. The minimum absolute atomic E-state index is 0.426. The standard InChI is InChI=1S/C12H16N2OS/c1-8-6-9(2-3-11(8)12(13)16)14-10-4-5-15-7-10/h2-3,6,10,14H,4-5,7H2,1H3,(H2,13,16). The average molecular weight is 236 g/mol. The van der Waals surface area contributed by atoms with E-state index >= 15 is 0 Å². The predicted molar refractivity (Wildman–Crippen MR) is 69.9 cm³/mol. The molecule has 0 bridgehead atoms. The van der Waals surface area contributed by atoms with Crippen LogP contribution in [0.3, 0.4) is 0 Å². The van der Waals surface area contributed by atoms with Crippen molar-refractivity contribution in [3.05, 3.63) is 29.3 Å². The minimum atomic E-state index is 0.426. The van der Waals surface area contributed by atoms with Gasteiger partial charge in [0, 0.05) is 17.9 Å². The molecule has 0 amide bonds. The van der Waals surface area contributed by atoms with Gasteiger partial charge in [0.15, 0.2) is 0 Å². The van der Waals surface area contributed by atoms with E-state index in [2.05, 4.69) is 11.4 Å². The Labute approximate surface area is 101 Å². The van der Waals surface area contributed by atoms with Gasteiger partial charge in [-0.2, -0.15) is 0 Å². The topological polar surface area (TPSA) is 47.3 Å². The Balaban J connectivity index is 2.11. The summed E-state index contributed by atoms with van der Waals surface area (Å²) in [5, 5.41) is 3.44. The molecule has 1 aromatic carbocycles. The zero-order valence-corrected chi connectivity index (χ0v) is 10.1. The minimum Gasteiger partial charge on any atom is -0.389 e. The van der Waals surface area contributed by atoms with E-state index in [1.807, 2.05) is 19.1 Å². The van der Waals surface area contributed by atoms with Gasteiger partial charge in [-0.05, 0) is 37.1 Å².